The molecule has 0 unspecified atom stereocenters. The van der Waals surface area contributed by atoms with Gasteiger partial charge in [0.2, 0.25) is 0 Å². The fraction of sp³-hybridized carbons (Fsp3) is 0.235. The van der Waals surface area contributed by atoms with E-state index >= 15 is 0 Å². The van der Waals surface area contributed by atoms with Crippen LogP contribution in [0.2, 0.25) is 0 Å². The van der Waals surface area contributed by atoms with E-state index in [2.05, 4.69) is 44.0 Å². The molecule has 0 radical (unpaired) electrons. The van der Waals surface area contributed by atoms with Crippen molar-refractivity contribution in [3.05, 3.63) is 64.7 Å². The van der Waals surface area contributed by atoms with Gasteiger partial charge in [-0.1, -0.05) is 30.3 Å². The minimum Gasteiger partial charge on any atom is -0.384 e. The second-order valence-electron chi connectivity index (χ2n) is 5.19. The first kappa shape index (κ1) is 14.1. The lowest BCUT2D eigenvalue weighted by molar-refractivity contribution is 0.905. The number of rotatable bonds is 4. The first-order chi connectivity index (χ1) is 9.49. The lowest BCUT2D eigenvalue weighted by Crippen LogP contribution is -2.19. The van der Waals surface area contributed by atoms with Crippen LogP contribution in [0, 0.1) is 19.3 Å². The maximum absolute atomic E-state index is 7.52. The third-order valence-corrected chi connectivity index (χ3v) is 3.64. The predicted octanol–water partition coefficient (Wildman–Crippen LogP) is 3.22. The smallest absolute Gasteiger partial charge is 0.122 e. The zero-order chi connectivity index (χ0) is 14.7. The third-order valence-electron chi connectivity index (χ3n) is 3.64. The summed E-state index contributed by atoms with van der Waals surface area (Å²) in [5.74, 6) is 0.104. The first-order valence-electron chi connectivity index (χ1n) is 6.69. The lowest BCUT2D eigenvalue weighted by atomic mass is 10.0. The molecule has 0 bridgehead atoms. The molecule has 0 aromatic heterocycles. The fourth-order valence-corrected chi connectivity index (χ4v) is 2.34. The van der Waals surface area contributed by atoms with Crippen molar-refractivity contribution < 1.29 is 0 Å². The Kier molecular flexibility index (Phi) is 4.08. The summed E-state index contributed by atoms with van der Waals surface area (Å²) >= 11 is 0. The molecule has 0 heterocycles. The summed E-state index contributed by atoms with van der Waals surface area (Å²) in [7, 11) is 2.06. The molecule has 0 saturated carbocycles. The summed E-state index contributed by atoms with van der Waals surface area (Å²) in [6, 6.07) is 14.2. The average Bonchev–Trinajstić information content (AvgIpc) is 2.43. The van der Waals surface area contributed by atoms with E-state index in [0.29, 0.717) is 0 Å². The summed E-state index contributed by atoms with van der Waals surface area (Å²) in [5.41, 5.74) is 11.3. The molecule has 0 spiro atoms. The molecule has 20 heavy (non-hydrogen) atoms. The van der Waals surface area contributed by atoms with Gasteiger partial charge in [0.25, 0.3) is 0 Å². The number of nitrogens with one attached hydrogen (secondary N) is 1. The molecule has 0 atom stereocenters. The summed E-state index contributed by atoms with van der Waals surface area (Å²) < 4.78 is 0. The van der Waals surface area contributed by atoms with E-state index in [1.165, 1.54) is 16.7 Å². The number of hydrogen-bond donors (Lipinski definition) is 2. The van der Waals surface area contributed by atoms with Crippen molar-refractivity contribution in [2.45, 2.75) is 20.4 Å². The highest BCUT2D eigenvalue weighted by molar-refractivity contribution is 5.95. The van der Waals surface area contributed by atoms with E-state index in [0.717, 1.165) is 17.8 Å². The highest BCUT2D eigenvalue weighted by Gasteiger charge is 2.08. The Labute approximate surface area is 120 Å². The lowest BCUT2D eigenvalue weighted by Gasteiger charge is -2.22. The van der Waals surface area contributed by atoms with Crippen LogP contribution in [0.15, 0.2) is 42.5 Å². The molecule has 0 aliphatic carbocycles. The Morgan fingerprint density at radius 1 is 1.10 bits per heavy atom. The number of amidine groups is 1. The number of benzene rings is 2. The van der Waals surface area contributed by atoms with Gasteiger partial charge >= 0.3 is 0 Å². The van der Waals surface area contributed by atoms with Crippen molar-refractivity contribution in [2.75, 3.05) is 11.9 Å². The molecule has 3 heteroatoms. The van der Waals surface area contributed by atoms with Crippen molar-refractivity contribution in [3.8, 4) is 0 Å². The topological polar surface area (TPSA) is 53.1 Å². The summed E-state index contributed by atoms with van der Waals surface area (Å²) in [6.07, 6.45) is 0. The molecule has 0 aliphatic heterocycles. The quantitative estimate of drug-likeness (QED) is 0.660. The Morgan fingerprint density at radius 3 is 2.30 bits per heavy atom. The Bertz CT molecular complexity index is 612. The zero-order valence-electron chi connectivity index (χ0n) is 12.3. The summed E-state index contributed by atoms with van der Waals surface area (Å²) in [4.78, 5) is 2.18. The number of nitrogen functional groups attached to an aromatic ring is 1. The molecular formula is C17H21N3. The standard InChI is InChI=1S/C17H21N3/c1-12-6-4-7-13(2)16(12)11-20(3)15-9-5-8-14(10-15)17(18)19/h4-10H,11H2,1-3H3,(H3,18,19). The minimum absolute atomic E-state index is 0.104. The van der Waals surface area contributed by atoms with Crippen LogP contribution in [0.4, 0.5) is 5.69 Å². The molecule has 3 N–H and O–H groups in total. The maximum Gasteiger partial charge on any atom is 0.122 e. The molecule has 2 aromatic rings. The van der Waals surface area contributed by atoms with Crippen LogP contribution < -0.4 is 10.6 Å². The van der Waals surface area contributed by atoms with E-state index in [9.17, 15) is 0 Å². The van der Waals surface area contributed by atoms with Gasteiger partial charge in [0, 0.05) is 24.8 Å². The summed E-state index contributed by atoms with van der Waals surface area (Å²) in [5, 5.41) is 7.52. The van der Waals surface area contributed by atoms with Crippen molar-refractivity contribution >= 4 is 11.5 Å². The first-order valence-corrected chi connectivity index (χ1v) is 6.69. The van der Waals surface area contributed by atoms with E-state index < -0.39 is 0 Å². The number of anilines is 1. The van der Waals surface area contributed by atoms with Crippen LogP contribution in [0.25, 0.3) is 0 Å². The van der Waals surface area contributed by atoms with E-state index in [1.807, 2.05) is 24.3 Å². The number of nitrogens with two attached hydrogens (primary N) is 1. The largest absolute Gasteiger partial charge is 0.384 e. The fourth-order valence-electron chi connectivity index (χ4n) is 2.34. The molecule has 0 saturated heterocycles. The second kappa shape index (κ2) is 5.78. The van der Waals surface area contributed by atoms with Gasteiger partial charge in [0.15, 0.2) is 0 Å². The normalized spacial score (nSPS) is 10.3. The maximum atomic E-state index is 7.52. The van der Waals surface area contributed by atoms with Crippen LogP contribution in [-0.4, -0.2) is 12.9 Å². The van der Waals surface area contributed by atoms with Crippen LogP contribution in [-0.2, 0) is 6.54 Å². The van der Waals surface area contributed by atoms with Gasteiger partial charge in [-0.3, -0.25) is 5.41 Å². The minimum atomic E-state index is 0.104. The van der Waals surface area contributed by atoms with Crippen molar-refractivity contribution in [1.29, 1.82) is 5.41 Å². The molecule has 0 amide bonds. The highest BCUT2D eigenvalue weighted by Crippen LogP contribution is 2.20. The Balaban J connectivity index is 2.26. The molecule has 2 rings (SSSR count). The van der Waals surface area contributed by atoms with Crippen LogP contribution in [0.5, 0.6) is 0 Å². The van der Waals surface area contributed by atoms with E-state index in [4.69, 9.17) is 11.1 Å². The number of nitrogens with zero attached hydrogens (tertiary/aromatic N) is 1. The van der Waals surface area contributed by atoms with Gasteiger partial charge in [-0.15, -0.1) is 0 Å². The Hall–Kier alpha value is -2.29. The van der Waals surface area contributed by atoms with Crippen LogP contribution in [0.1, 0.15) is 22.3 Å². The second-order valence-corrected chi connectivity index (χ2v) is 5.19. The zero-order valence-corrected chi connectivity index (χ0v) is 12.3. The molecular weight excluding hydrogens is 246 g/mol. The monoisotopic (exact) mass is 267 g/mol. The number of hydrogen-bond acceptors (Lipinski definition) is 2. The molecule has 0 aliphatic rings. The molecule has 2 aromatic carbocycles. The van der Waals surface area contributed by atoms with Crippen molar-refractivity contribution in [3.63, 3.8) is 0 Å². The third kappa shape index (κ3) is 2.99. The van der Waals surface area contributed by atoms with Crippen molar-refractivity contribution in [2.24, 2.45) is 5.73 Å². The molecule has 104 valence electrons. The summed E-state index contributed by atoms with van der Waals surface area (Å²) in [6.45, 7) is 5.13. The van der Waals surface area contributed by atoms with Gasteiger partial charge in [0.05, 0.1) is 0 Å². The van der Waals surface area contributed by atoms with Gasteiger partial charge in [-0.2, -0.15) is 0 Å². The van der Waals surface area contributed by atoms with Gasteiger partial charge < -0.3 is 10.6 Å². The average molecular weight is 267 g/mol. The van der Waals surface area contributed by atoms with Crippen molar-refractivity contribution in [1.82, 2.24) is 0 Å². The highest BCUT2D eigenvalue weighted by atomic mass is 15.1. The van der Waals surface area contributed by atoms with Crippen LogP contribution in [0.3, 0.4) is 0 Å². The SMILES string of the molecule is Cc1cccc(C)c1CN(C)c1cccc(C(=N)N)c1. The molecule has 0 fully saturated rings. The molecule has 3 nitrogen and oxygen atoms in total. The van der Waals surface area contributed by atoms with Crippen LogP contribution >= 0.6 is 0 Å². The van der Waals surface area contributed by atoms with E-state index in [1.54, 1.807) is 0 Å². The van der Waals surface area contributed by atoms with Gasteiger partial charge in [-0.05, 0) is 42.7 Å². The van der Waals surface area contributed by atoms with E-state index in [-0.39, 0.29) is 5.84 Å². The van der Waals surface area contributed by atoms with Gasteiger partial charge in [-0.25, -0.2) is 0 Å². The Morgan fingerprint density at radius 2 is 1.70 bits per heavy atom. The van der Waals surface area contributed by atoms with Gasteiger partial charge in [0.1, 0.15) is 5.84 Å². The number of aryl methyl sites for hydroxylation is 2. The predicted molar refractivity (Wildman–Crippen MR) is 85.5 cm³/mol.